The molecule has 1 saturated heterocycles. The minimum absolute atomic E-state index is 0.206. The van der Waals surface area contributed by atoms with Gasteiger partial charge in [0, 0.05) is 30.2 Å². The van der Waals surface area contributed by atoms with Crippen LogP contribution in [0.15, 0.2) is 48.5 Å². The zero-order valence-corrected chi connectivity index (χ0v) is 20.2. The van der Waals surface area contributed by atoms with E-state index in [1.807, 2.05) is 12.1 Å². The summed E-state index contributed by atoms with van der Waals surface area (Å²) in [4.78, 5) is 2.40. The molecule has 1 fully saturated rings. The molecule has 0 saturated carbocycles. The highest BCUT2D eigenvalue weighted by atomic mass is 32.2. The highest BCUT2D eigenvalue weighted by molar-refractivity contribution is 7.94. The summed E-state index contributed by atoms with van der Waals surface area (Å²) in [5, 5.41) is 3.43. The lowest BCUT2D eigenvalue weighted by Gasteiger charge is -2.42. The Labute approximate surface area is 187 Å². The topological polar surface area (TPSA) is 70.7 Å². The summed E-state index contributed by atoms with van der Waals surface area (Å²) in [6.07, 6.45) is 0.428. The Balaban J connectivity index is 1.58. The maximum atomic E-state index is 12.3. The standard InChI is InChI=1S/C24H35N3O3S/c1-17-16-27(18(2)19(3)30-17)23-13-11-21(12-14-23)25-15-20-7-9-22(10-8-20)26-31(28,29)24(4,5)6/h7-14,17-19,25-26H,15-16H2,1-6H3/t17-,18?,19+/m0/s1. The highest BCUT2D eigenvalue weighted by Crippen LogP contribution is 2.27. The van der Waals surface area contributed by atoms with Crippen LogP contribution in [0.3, 0.4) is 0 Å². The number of ether oxygens (including phenoxy) is 1. The molecule has 1 heterocycles. The molecule has 1 aliphatic heterocycles. The molecule has 31 heavy (non-hydrogen) atoms. The van der Waals surface area contributed by atoms with E-state index in [-0.39, 0.29) is 12.2 Å². The fourth-order valence-corrected chi connectivity index (χ4v) is 4.29. The van der Waals surface area contributed by atoms with Crippen molar-refractivity contribution < 1.29 is 13.2 Å². The molecule has 7 heteroatoms. The van der Waals surface area contributed by atoms with E-state index < -0.39 is 14.8 Å². The van der Waals surface area contributed by atoms with Crippen molar-refractivity contribution in [3.8, 4) is 0 Å². The molecule has 2 N–H and O–H groups in total. The van der Waals surface area contributed by atoms with Crippen LogP contribution in [0, 0.1) is 0 Å². The maximum absolute atomic E-state index is 12.3. The number of nitrogens with zero attached hydrogens (tertiary/aromatic N) is 1. The summed E-state index contributed by atoms with van der Waals surface area (Å²) in [5.41, 5.74) is 3.90. The van der Waals surface area contributed by atoms with Crippen LogP contribution < -0.4 is 14.9 Å². The SMILES string of the molecule is CC1[C@@H](C)O[C@@H](C)CN1c1ccc(NCc2ccc(NS(=O)(=O)C(C)(C)C)cc2)cc1. The Morgan fingerprint density at radius 1 is 0.968 bits per heavy atom. The van der Waals surface area contributed by atoms with Gasteiger partial charge in [0.2, 0.25) is 10.0 Å². The Kier molecular flexibility index (Phi) is 6.86. The lowest BCUT2D eigenvalue weighted by Crippen LogP contribution is -2.51. The number of hydrogen-bond donors (Lipinski definition) is 2. The number of hydrogen-bond acceptors (Lipinski definition) is 5. The van der Waals surface area contributed by atoms with Crippen LogP contribution in [0.4, 0.5) is 17.1 Å². The van der Waals surface area contributed by atoms with Gasteiger partial charge in [-0.15, -0.1) is 0 Å². The van der Waals surface area contributed by atoms with Crippen LogP contribution in [0.2, 0.25) is 0 Å². The summed E-state index contributed by atoms with van der Waals surface area (Å²) in [5.74, 6) is 0. The average molecular weight is 446 g/mol. The molecular formula is C24H35N3O3S. The van der Waals surface area contributed by atoms with Crippen LogP contribution in [0.1, 0.15) is 47.1 Å². The zero-order valence-electron chi connectivity index (χ0n) is 19.3. The van der Waals surface area contributed by atoms with Gasteiger partial charge in [0.25, 0.3) is 0 Å². The fourth-order valence-electron chi connectivity index (χ4n) is 3.53. The van der Waals surface area contributed by atoms with E-state index in [2.05, 4.69) is 60.0 Å². The van der Waals surface area contributed by atoms with Crippen molar-refractivity contribution in [3.05, 3.63) is 54.1 Å². The predicted molar refractivity (Wildman–Crippen MR) is 129 cm³/mol. The lowest BCUT2D eigenvalue weighted by atomic mass is 10.1. The van der Waals surface area contributed by atoms with E-state index in [1.54, 1.807) is 32.9 Å². The molecular weight excluding hydrogens is 410 g/mol. The van der Waals surface area contributed by atoms with Gasteiger partial charge >= 0.3 is 0 Å². The van der Waals surface area contributed by atoms with E-state index in [4.69, 9.17) is 4.74 Å². The Morgan fingerprint density at radius 3 is 2.13 bits per heavy atom. The van der Waals surface area contributed by atoms with Crippen molar-refractivity contribution in [1.82, 2.24) is 0 Å². The summed E-state index contributed by atoms with van der Waals surface area (Å²) < 4.78 is 32.3. The first kappa shape index (κ1) is 23.4. The van der Waals surface area contributed by atoms with Gasteiger partial charge in [-0.05, 0) is 83.5 Å². The molecule has 1 aliphatic rings. The van der Waals surface area contributed by atoms with E-state index in [9.17, 15) is 8.42 Å². The molecule has 0 aliphatic carbocycles. The fraction of sp³-hybridized carbons (Fsp3) is 0.500. The van der Waals surface area contributed by atoms with Crippen molar-refractivity contribution in [2.24, 2.45) is 0 Å². The van der Waals surface area contributed by atoms with Crippen molar-refractivity contribution in [2.45, 2.75) is 71.1 Å². The maximum Gasteiger partial charge on any atom is 0.237 e. The molecule has 0 amide bonds. The molecule has 3 atom stereocenters. The van der Waals surface area contributed by atoms with Crippen LogP contribution in [-0.4, -0.2) is 38.0 Å². The van der Waals surface area contributed by atoms with Crippen LogP contribution >= 0.6 is 0 Å². The summed E-state index contributed by atoms with van der Waals surface area (Å²) in [7, 11) is -3.42. The molecule has 0 aromatic heterocycles. The smallest absolute Gasteiger partial charge is 0.237 e. The predicted octanol–water partition coefficient (Wildman–Crippen LogP) is 4.84. The van der Waals surface area contributed by atoms with Crippen molar-refractivity contribution in [1.29, 1.82) is 0 Å². The molecule has 0 bridgehead atoms. The minimum atomic E-state index is -3.42. The van der Waals surface area contributed by atoms with Crippen molar-refractivity contribution in [2.75, 3.05) is 21.5 Å². The molecule has 2 aromatic rings. The molecule has 0 spiro atoms. The molecule has 6 nitrogen and oxygen atoms in total. The van der Waals surface area contributed by atoms with Gasteiger partial charge in [-0.3, -0.25) is 4.72 Å². The number of rotatable bonds is 6. The third-order valence-corrected chi connectivity index (χ3v) is 7.90. The van der Waals surface area contributed by atoms with Gasteiger partial charge in [-0.1, -0.05) is 12.1 Å². The largest absolute Gasteiger partial charge is 0.381 e. The first-order chi connectivity index (χ1) is 14.5. The van der Waals surface area contributed by atoms with Crippen LogP contribution in [-0.2, 0) is 21.3 Å². The number of sulfonamides is 1. The molecule has 1 unspecified atom stereocenters. The second kappa shape index (κ2) is 9.09. The van der Waals surface area contributed by atoms with Crippen molar-refractivity contribution in [3.63, 3.8) is 0 Å². The quantitative estimate of drug-likeness (QED) is 0.666. The second-order valence-corrected chi connectivity index (χ2v) is 11.8. The molecule has 0 radical (unpaired) electrons. The number of anilines is 3. The number of benzene rings is 2. The summed E-state index contributed by atoms with van der Waals surface area (Å²) in [6.45, 7) is 13.0. The van der Waals surface area contributed by atoms with Gasteiger partial charge < -0.3 is 15.0 Å². The van der Waals surface area contributed by atoms with Gasteiger partial charge in [0.1, 0.15) is 0 Å². The summed E-state index contributed by atoms with van der Waals surface area (Å²) in [6, 6.07) is 16.3. The van der Waals surface area contributed by atoms with Crippen LogP contribution in [0.25, 0.3) is 0 Å². The van der Waals surface area contributed by atoms with Crippen LogP contribution in [0.5, 0.6) is 0 Å². The number of nitrogens with one attached hydrogen (secondary N) is 2. The van der Waals surface area contributed by atoms with Gasteiger partial charge in [-0.25, -0.2) is 8.42 Å². The monoisotopic (exact) mass is 445 g/mol. The third kappa shape index (κ3) is 5.71. The van der Waals surface area contributed by atoms with E-state index in [1.165, 1.54) is 5.69 Å². The Hall–Kier alpha value is -2.25. The average Bonchev–Trinajstić information content (AvgIpc) is 2.69. The first-order valence-corrected chi connectivity index (χ1v) is 12.3. The third-order valence-electron chi connectivity index (χ3n) is 5.78. The lowest BCUT2D eigenvalue weighted by molar-refractivity contribution is -0.0257. The molecule has 2 aromatic carbocycles. The Bertz CT molecular complexity index is 967. The van der Waals surface area contributed by atoms with Crippen molar-refractivity contribution >= 4 is 27.1 Å². The molecule has 170 valence electrons. The Morgan fingerprint density at radius 2 is 1.55 bits per heavy atom. The second-order valence-electron chi connectivity index (χ2n) is 9.36. The summed E-state index contributed by atoms with van der Waals surface area (Å²) >= 11 is 0. The van der Waals surface area contributed by atoms with E-state index in [0.29, 0.717) is 18.3 Å². The first-order valence-electron chi connectivity index (χ1n) is 10.8. The molecule has 3 rings (SSSR count). The number of morpholine rings is 1. The van der Waals surface area contributed by atoms with E-state index >= 15 is 0 Å². The minimum Gasteiger partial charge on any atom is -0.381 e. The van der Waals surface area contributed by atoms with Gasteiger partial charge in [0.15, 0.2) is 0 Å². The normalized spacial score (nSPS) is 22.3. The van der Waals surface area contributed by atoms with E-state index in [0.717, 1.165) is 17.8 Å². The van der Waals surface area contributed by atoms with Gasteiger partial charge in [-0.2, -0.15) is 0 Å². The van der Waals surface area contributed by atoms with Gasteiger partial charge in [0.05, 0.1) is 23.0 Å². The zero-order chi connectivity index (χ0) is 22.8. The highest BCUT2D eigenvalue weighted by Gasteiger charge is 2.30.